The molecule has 0 aliphatic carbocycles. The van der Waals surface area contributed by atoms with E-state index >= 15 is 0 Å². The highest BCUT2D eigenvalue weighted by molar-refractivity contribution is 5.85. The second-order valence-corrected chi connectivity index (χ2v) is 6.88. The van der Waals surface area contributed by atoms with Crippen LogP contribution in [0.3, 0.4) is 0 Å². The first kappa shape index (κ1) is 16.0. The van der Waals surface area contributed by atoms with Gasteiger partial charge in [-0.2, -0.15) is 0 Å². The molecule has 4 heterocycles. The summed E-state index contributed by atoms with van der Waals surface area (Å²) in [6.07, 6.45) is 5.42. The Morgan fingerprint density at radius 2 is 2.11 bits per heavy atom. The molecule has 1 saturated heterocycles. The van der Waals surface area contributed by atoms with Crippen molar-refractivity contribution in [3.8, 4) is 5.75 Å². The van der Waals surface area contributed by atoms with Crippen LogP contribution in [0, 0.1) is 6.92 Å². The molecule has 0 amide bonds. The monoisotopic (exact) mass is 360 g/mol. The van der Waals surface area contributed by atoms with Crippen molar-refractivity contribution in [1.82, 2.24) is 24.9 Å². The van der Waals surface area contributed by atoms with Crippen LogP contribution in [0.5, 0.6) is 5.75 Å². The number of benzene rings is 1. The van der Waals surface area contributed by atoms with Crippen molar-refractivity contribution in [2.75, 3.05) is 18.1 Å². The molecule has 0 spiro atoms. The first-order valence-corrected chi connectivity index (χ1v) is 9.19. The maximum atomic E-state index is 6.23. The Morgan fingerprint density at radius 3 is 3.07 bits per heavy atom. The Bertz CT molecular complexity index is 1110. The molecule has 1 N–H and O–H groups in total. The fourth-order valence-electron chi connectivity index (χ4n) is 3.77. The molecule has 0 saturated carbocycles. The molecule has 27 heavy (non-hydrogen) atoms. The summed E-state index contributed by atoms with van der Waals surface area (Å²) in [7, 11) is 0. The first-order valence-electron chi connectivity index (χ1n) is 9.19. The molecule has 0 bridgehead atoms. The minimum atomic E-state index is 0.250. The molecule has 1 fully saturated rings. The number of aryl methyl sites for hydroxylation is 1. The number of rotatable bonds is 4. The van der Waals surface area contributed by atoms with Gasteiger partial charge < -0.3 is 14.6 Å². The second-order valence-electron chi connectivity index (χ2n) is 6.88. The van der Waals surface area contributed by atoms with Crippen molar-refractivity contribution < 1.29 is 4.74 Å². The highest BCUT2D eigenvalue weighted by Crippen LogP contribution is 2.29. The number of hydrogen-bond acceptors (Lipinski definition) is 6. The van der Waals surface area contributed by atoms with Gasteiger partial charge in [0.05, 0.1) is 12.4 Å². The first-order chi connectivity index (χ1) is 13.3. The molecule has 7 nitrogen and oxygen atoms in total. The number of fused-ring (bicyclic) bond motifs is 2. The van der Waals surface area contributed by atoms with Crippen molar-refractivity contribution >= 4 is 27.9 Å². The third-order valence-electron chi connectivity index (χ3n) is 5.10. The summed E-state index contributed by atoms with van der Waals surface area (Å²) in [5.41, 5.74) is 3.48. The van der Waals surface area contributed by atoms with E-state index in [1.807, 2.05) is 25.1 Å². The molecule has 4 aromatic rings. The van der Waals surface area contributed by atoms with E-state index in [0.717, 1.165) is 58.7 Å². The number of anilines is 1. The van der Waals surface area contributed by atoms with Gasteiger partial charge in [0.2, 0.25) is 0 Å². The number of aromatic amines is 1. The third kappa shape index (κ3) is 2.85. The van der Waals surface area contributed by atoms with Crippen molar-refractivity contribution in [2.24, 2.45) is 0 Å². The van der Waals surface area contributed by atoms with Gasteiger partial charge in [-0.25, -0.2) is 19.9 Å². The zero-order valence-electron chi connectivity index (χ0n) is 15.1. The Kier molecular flexibility index (Phi) is 3.85. The fraction of sp³-hybridized carbons (Fsp3) is 0.300. The predicted molar refractivity (Wildman–Crippen MR) is 104 cm³/mol. The quantitative estimate of drug-likeness (QED) is 0.602. The lowest BCUT2D eigenvalue weighted by Crippen LogP contribution is -2.35. The maximum Gasteiger partial charge on any atom is 0.162 e. The largest absolute Gasteiger partial charge is 0.489 e. The van der Waals surface area contributed by atoms with E-state index in [1.165, 1.54) is 0 Å². The summed E-state index contributed by atoms with van der Waals surface area (Å²) in [6, 6.07) is 10.4. The minimum Gasteiger partial charge on any atom is -0.489 e. The molecule has 1 aliphatic rings. The molecule has 1 aromatic carbocycles. The number of imidazole rings is 1. The zero-order chi connectivity index (χ0) is 18.2. The fourth-order valence-corrected chi connectivity index (χ4v) is 3.77. The van der Waals surface area contributed by atoms with Gasteiger partial charge in [0.15, 0.2) is 11.5 Å². The zero-order valence-corrected chi connectivity index (χ0v) is 15.1. The second kappa shape index (κ2) is 6.50. The van der Waals surface area contributed by atoms with E-state index in [-0.39, 0.29) is 6.04 Å². The van der Waals surface area contributed by atoms with E-state index in [0.29, 0.717) is 6.61 Å². The average molecular weight is 360 g/mol. The number of para-hydroxylation sites is 1. The maximum absolute atomic E-state index is 6.23. The van der Waals surface area contributed by atoms with E-state index < -0.39 is 0 Å². The summed E-state index contributed by atoms with van der Waals surface area (Å²) >= 11 is 0. The van der Waals surface area contributed by atoms with Crippen LogP contribution in [0.2, 0.25) is 0 Å². The molecular formula is C20H20N6O. The van der Waals surface area contributed by atoms with Crippen molar-refractivity contribution in [3.63, 3.8) is 0 Å². The number of hydrogen-bond donors (Lipinski definition) is 1. The van der Waals surface area contributed by atoms with Gasteiger partial charge in [0.1, 0.15) is 29.7 Å². The smallest absolute Gasteiger partial charge is 0.162 e. The van der Waals surface area contributed by atoms with Crippen LogP contribution >= 0.6 is 0 Å². The molecule has 1 aliphatic heterocycles. The van der Waals surface area contributed by atoms with Crippen LogP contribution in [-0.4, -0.2) is 44.1 Å². The van der Waals surface area contributed by atoms with E-state index in [1.54, 1.807) is 12.7 Å². The van der Waals surface area contributed by atoms with Gasteiger partial charge in [0.25, 0.3) is 0 Å². The van der Waals surface area contributed by atoms with Crippen LogP contribution in [0.15, 0.2) is 43.0 Å². The van der Waals surface area contributed by atoms with Gasteiger partial charge >= 0.3 is 0 Å². The van der Waals surface area contributed by atoms with Gasteiger partial charge in [-0.3, -0.25) is 0 Å². The lowest BCUT2D eigenvalue weighted by atomic mass is 10.2. The highest BCUT2D eigenvalue weighted by Gasteiger charge is 2.28. The van der Waals surface area contributed by atoms with Gasteiger partial charge in [0, 0.05) is 17.6 Å². The molecule has 3 aromatic heterocycles. The third-order valence-corrected chi connectivity index (χ3v) is 5.10. The summed E-state index contributed by atoms with van der Waals surface area (Å²) in [5, 5.41) is 1.09. The number of H-pyrrole nitrogens is 1. The summed E-state index contributed by atoms with van der Waals surface area (Å²) in [4.78, 5) is 23.1. The number of pyridine rings is 1. The minimum absolute atomic E-state index is 0.250. The molecule has 5 rings (SSSR count). The number of aromatic nitrogens is 5. The molecular weight excluding hydrogens is 340 g/mol. The summed E-state index contributed by atoms with van der Waals surface area (Å²) < 4.78 is 6.23. The number of nitrogens with zero attached hydrogens (tertiary/aromatic N) is 5. The van der Waals surface area contributed by atoms with Gasteiger partial charge in [-0.1, -0.05) is 18.2 Å². The highest BCUT2D eigenvalue weighted by atomic mass is 16.5. The molecule has 7 heteroatoms. The van der Waals surface area contributed by atoms with Crippen molar-refractivity contribution in [3.05, 3.63) is 48.7 Å². The Balaban J connectivity index is 1.41. The number of nitrogens with one attached hydrogen (secondary N) is 1. The summed E-state index contributed by atoms with van der Waals surface area (Å²) in [5.74, 6) is 1.70. The molecule has 136 valence electrons. The van der Waals surface area contributed by atoms with Crippen molar-refractivity contribution in [1.29, 1.82) is 0 Å². The molecule has 1 unspecified atom stereocenters. The topological polar surface area (TPSA) is 79.8 Å². The normalized spacial score (nSPS) is 17.1. The average Bonchev–Trinajstić information content (AvgIpc) is 3.35. The van der Waals surface area contributed by atoms with Crippen LogP contribution < -0.4 is 9.64 Å². The van der Waals surface area contributed by atoms with E-state index in [9.17, 15) is 0 Å². The van der Waals surface area contributed by atoms with Crippen LogP contribution in [-0.2, 0) is 0 Å². The molecule has 0 radical (unpaired) electrons. The Morgan fingerprint density at radius 1 is 1.15 bits per heavy atom. The van der Waals surface area contributed by atoms with Gasteiger partial charge in [-0.15, -0.1) is 0 Å². The number of ether oxygens (including phenoxy) is 1. The lowest BCUT2D eigenvalue weighted by molar-refractivity contribution is 0.291. The van der Waals surface area contributed by atoms with E-state index in [4.69, 9.17) is 4.74 Å². The van der Waals surface area contributed by atoms with Gasteiger partial charge in [-0.05, 0) is 31.9 Å². The SMILES string of the molecule is Cc1ccc2cccc(OCC3CCCN3c3ncnc4[nH]cnc34)c2n1. The van der Waals surface area contributed by atoms with Crippen molar-refractivity contribution in [2.45, 2.75) is 25.8 Å². The predicted octanol–water partition coefficient (Wildman–Crippen LogP) is 3.26. The molecule has 1 atom stereocenters. The van der Waals surface area contributed by atoms with Crippen LogP contribution in [0.1, 0.15) is 18.5 Å². The standard InChI is InChI=1S/C20H20N6O/c1-13-7-8-14-4-2-6-16(17(14)25-13)27-10-15-5-3-9-26(15)20-18-19(22-11-21-18)23-12-24-20/h2,4,6-8,11-12,15H,3,5,9-10H2,1H3,(H,21,22,23,24). The van der Waals surface area contributed by atoms with Crippen LogP contribution in [0.25, 0.3) is 22.1 Å². The Hall–Kier alpha value is -3.22. The van der Waals surface area contributed by atoms with E-state index in [2.05, 4.69) is 42.0 Å². The lowest BCUT2D eigenvalue weighted by Gasteiger charge is -2.25. The Labute approximate surface area is 156 Å². The van der Waals surface area contributed by atoms with Crippen LogP contribution in [0.4, 0.5) is 5.82 Å². The summed E-state index contributed by atoms with van der Waals surface area (Å²) in [6.45, 7) is 3.53.